The number of nitrogens with zero attached hydrogens (tertiary/aromatic N) is 1. The molecule has 1 N–H and O–H groups in total. The molecule has 0 saturated heterocycles. The zero-order valence-electron chi connectivity index (χ0n) is 16.1. The standard InChI is InChI=1S/C22H24N2O2S2/c1-3-4-5-6-16-13-19(27-14-16)11-12-21(25)24-22-23-20(15-28-22)17-7-9-18(26-2)10-8-17/h7-15H,3-6H2,1-2H3,(H,23,24,25). The summed E-state index contributed by atoms with van der Waals surface area (Å²) in [5.41, 5.74) is 3.17. The molecule has 0 saturated carbocycles. The minimum atomic E-state index is -0.170. The number of hydrogen-bond acceptors (Lipinski definition) is 5. The smallest absolute Gasteiger partial charge is 0.250 e. The molecule has 0 aliphatic heterocycles. The van der Waals surface area contributed by atoms with Crippen LogP contribution in [0.3, 0.4) is 0 Å². The van der Waals surface area contributed by atoms with E-state index in [4.69, 9.17) is 4.74 Å². The highest BCUT2D eigenvalue weighted by Gasteiger charge is 2.07. The van der Waals surface area contributed by atoms with E-state index in [1.54, 1.807) is 24.5 Å². The third-order valence-corrected chi connectivity index (χ3v) is 5.97. The molecule has 28 heavy (non-hydrogen) atoms. The van der Waals surface area contributed by atoms with E-state index in [9.17, 15) is 4.79 Å². The number of thiazole rings is 1. The van der Waals surface area contributed by atoms with Crippen molar-refractivity contribution in [2.75, 3.05) is 12.4 Å². The molecule has 0 aliphatic carbocycles. The minimum absolute atomic E-state index is 0.170. The molecule has 6 heteroatoms. The molecular formula is C22H24N2O2S2. The fourth-order valence-electron chi connectivity index (χ4n) is 2.72. The zero-order valence-corrected chi connectivity index (χ0v) is 17.7. The molecule has 0 spiro atoms. The van der Waals surface area contributed by atoms with Crippen LogP contribution in [0.1, 0.15) is 36.6 Å². The van der Waals surface area contributed by atoms with Crippen LogP contribution in [-0.2, 0) is 11.2 Å². The molecule has 0 radical (unpaired) electrons. The van der Waals surface area contributed by atoms with Gasteiger partial charge in [-0.2, -0.15) is 0 Å². The van der Waals surface area contributed by atoms with E-state index >= 15 is 0 Å². The first-order valence-corrected chi connectivity index (χ1v) is 11.1. The van der Waals surface area contributed by atoms with Crippen LogP contribution >= 0.6 is 22.7 Å². The molecule has 0 atom stereocenters. The Labute approximate surface area is 173 Å². The van der Waals surface area contributed by atoms with Gasteiger partial charge in [0.25, 0.3) is 0 Å². The Morgan fingerprint density at radius 1 is 1.18 bits per heavy atom. The lowest BCUT2D eigenvalue weighted by atomic mass is 10.1. The van der Waals surface area contributed by atoms with Crippen molar-refractivity contribution in [2.24, 2.45) is 0 Å². The Bertz CT molecular complexity index is 926. The molecule has 3 aromatic rings. The van der Waals surface area contributed by atoms with Gasteiger partial charge in [0.05, 0.1) is 12.8 Å². The summed E-state index contributed by atoms with van der Waals surface area (Å²) >= 11 is 3.08. The number of anilines is 1. The van der Waals surface area contributed by atoms with Crippen LogP contribution in [0.5, 0.6) is 5.75 Å². The lowest BCUT2D eigenvalue weighted by Gasteiger charge is -2.00. The minimum Gasteiger partial charge on any atom is -0.497 e. The van der Waals surface area contributed by atoms with E-state index in [-0.39, 0.29) is 5.91 Å². The number of nitrogens with one attached hydrogen (secondary N) is 1. The summed E-state index contributed by atoms with van der Waals surface area (Å²) in [6.45, 7) is 2.21. The number of hydrogen-bond donors (Lipinski definition) is 1. The van der Waals surface area contributed by atoms with Crippen LogP contribution < -0.4 is 10.1 Å². The zero-order chi connectivity index (χ0) is 19.8. The second-order valence-electron chi connectivity index (χ2n) is 6.40. The average Bonchev–Trinajstić information content (AvgIpc) is 3.36. The Kier molecular flexibility index (Phi) is 7.39. The maximum absolute atomic E-state index is 12.2. The first kappa shape index (κ1) is 20.3. The molecule has 1 amide bonds. The maximum atomic E-state index is 12.2. The fraction of sp³-hybridized carbons (Fsp3) is 0.273. The van der Waals surface area contributed by atoms with E-state index in [1.165, 1.54) is 36.2 Å². The number of carbonyl (C=O) groups is 1. The first-order chi connectivity index (χ1) is 13.7. The number of aromatic nitrogens is 1. The normalized spacial score (nSPS) is 11.1. The maximum Gasteiger partial charge on any atom is 0.250 e. The van der Waals surface area contributed by atoms with Crippen molar-refractivity contribution >= 4 is 39.8 Å². The molecular weight excluding hydrogens is 388 g/mol. The van der Waals surface area contributed by atoms with Crippen molar-refractivity contribution in [3.8, 4) is 17.0 Å². The second kappa shape index (κ2) is 10.2. The summed E-state index contributed by atoms with van der Waals surface area (Å²) < 4.78 is 5.17. The number of unbranched alkanes of at least 4 members (excludes halogenated alkanes) is 2. The number of aryl methyl sites for hydroxylation is 1. The average molecular weight is 413 g/mol. The van der Waals surface area contributed by atoms with Crippen molar-refractivity contribution in [1.82, 2.24) is 4.98 Å². The van der Waals surface area contributed by atoms with Crippen LogP contribution in [-0.4, -0.2) is 18.0 Å². The fourth-order valence-corrected chi connectivity index (χ4v) is 4.28. The molecule has 4 nitrogen and oxygen atoms in total. The summed E-state index contributed by atoms with van der Waals surface area (Å²) in [4.78, 5) is 17.8. The number of methoxy groups -OCH3 is 1. The van der Waals surface area contributed by atoms with Crippen LogP contribution in [0.2, 0.25) is 0 Å². The molecule has 2 aromatic heterocycles. The first-order valence-electron chi connectivity index (χ1n) is 9.34. The Balaban J connectivity index is 1.54. The van der Waals surface area contributed by atoms with E-state index in [0.717, 1.165) is 28.3 Å². The van der Waals surface area contributed by atoms with Crippen molar-refractivity contribution in [3.63, 3.8) is 0 Å². The quantitative estimate of drug-likeness (QED) is 0.333. The van der Waals surface area contributed by atoms with Crippen LogP contribution in [0.4, 0.5) is 5.13 Å². The van der Waals surface area contributed by atoms with Gasteiger partial charge in [0.2, 0.25) is 5.91 Å². The highest BCUT2D eigenvalue weighted by atomic mass is 32.1. The van der Waals surface area contributed by atoms with Gasteiger partial charge in [0.15, 0.2) is 5.13 Å². The monoisotopic (exact) mass is 412 g/mol. The Morgan fingerprint density at radius 3 is 2.75 bits per heavy atom. The number of carbonyl (C=O) groups excluding carboxylic acids is 1. The number of amides is 1. The highest BCUT2D eigenvalue weighted by Crippen LogP contribution is 2.26. The van der Waals surface area contributed by atoms with Gasteiger partial charge in [-0.1, -0.05) is 19.8 Å². The summed E-state index contributed by atoms with van der Waals surface area (Å²) in [7, 11) is 1.64. The molecule has 0 fully saturated rings. The van der Waals surface area contributed by atoms with Crippen LogP contribution in [0.15, 0.2) is 47.2 Å². The molecule has 2 heterocycles. The largest absolute Gasteiger partial charge is 0.497 e. The van der Waals surface area contributed by atoms with Gasteiger partial charge >= 0.3 is 0 Å². The summed E-state index contributed by atoms with van der Waals surface area (Å²) in [6, 6.07) is 9.86. The topological polar surface area (TPSA) is 51.2 Å². The van der Waals surface area contributed by atoms with Gasteiger partial charge in [-0.05, 0) is 60.2 Å². The van der Waals surface area contributed by atoms with Gasteiger partial charge in [-0.3, -0.25) is 10.1 Å². The van der Waals surface area contributed by atoms with E-state index in [1.807, 2.05) is 35.7 Å². The lowest BCUT2D eigenvalue weighted by Crippen LogP contribution is -2.07. The van der Waals surface area contributed by atoms with Crippen LogP contribution in [0, 0.1) is 0 Å². The number of rotatable bonds is 9. The van der Waals surface area contributed by atoms with Gasteiger partial charge in [0.1, 0.15) is 5.75 Å². The lowest BCUT2D eigenvalue weighted by molar-refractivity contribution is -0.111. The van der Waals surface area contributed by atoms with Crippen molar-refractivity contribution in [2.45, 2.75) is 32.6 Å². The molecule has 0 aliphatic rings. The predicted octanol–water partition coefficient (Wildman–Crippen LogP) is 6.26. The number of ether oxygens (including phenoxy) is 1. The molecule has 0 bridgehead atoms. The van der Waals surface area contributed by atoms with E-state index < -0.39 is 0 Å². The van der Waals surface area contributed by atoms with Gasteiger partial charge in [-0.15, -0.1) is 22.7 Å². The second-order valence-corrected chi connectivity index (χ2v) is 8.20. The van der Waals surface area contributed by atoms with Crippen molar-refractivity contribution in [1.29, 1.82) is 0 Å². The summed E-state index contributed by atoms with van der Waals surface area (Å²) in [5, 5.41) is 7.53. The van der Waals surface area contributed by atoms with E-state index in [0.29, 0.717) is 5.13 Å². The molecule has 3 rings (SSSR count). The summed E-state index contributed by atoms with van der Waals surface area (Å²) in [5.74, 6) is 0.635. The van der Waals surface area contributed by atoms with Gasteiger partial charge in [-0.25, -0.2) is 4.98 Å². The van der Waals surface area contributed by atoms with Crippen molar-refractivity contribution < 1.29 is 9.53 Å². The molecule has 146 valence electrons. The SMILES string of the molecule is CCCCCc1csc(C=CC(=O)Nc2nc(-c3ccc(OC)cc3)cs2)c1. The Morgan fingerprint density at radius 2 is 2.00 bits per heavy atom. The summed E-state index contributed by atoms with van der Waals surface area (Å²) in [6.07, 6.45) is 8.25. The number of thiophene rings is 1. The predicted molar refractivity (Wildman–Crippen MR) is 119 cm³/mol. The third-order valence-electron chi connectivity index (χ3n) is 4.26. The molecule has 0 unspecified atom stereocenters. The van der Waals surface area contributed by atoms with Gasteiger partial charge in [0, 0.05) is 21.9 Å². The van der Waals surface area contributed by atoms with Crippen molar-refractivity contribution in [3.05, 3.63) is 57.6 Å². The third kappa shape index (κ3) is 5.78. The number of benzene rings is 1. The molecule has 1 aromatic carbocycles. The van der Waals surface area contributed by atoms with E-state index in [2.05, 4.69) is 28.7 Å². The Hall–Kier alpha value is -2.44. The highest BCUT2D eigenvalue weighted by molar-refractivity contribution is 7.14. The van der Waals surface area contributed by atoms with Gasteiger partial charge < -0.3 is 4.74 Å². The van der Waals surface area contributed by atoms with Crippen LogP contribution in [0.25, 0.3) is 17.3 Å².